The number of nitrogens with one attached hydrogen (secondary N) is 2. The topological polar surface area (TPSA) is 75.3 Å². The molecular weight excluding hydrogens is 383 g/mol. The Bertz CT molecular complexity index is 868. The number of hydrogen-bond acceptors (Lipinski definition) is 3. The zero-order valence-corrected chi connectivity index (χ0v) is 16.0. The van der Waals surface area contributed by atoms with Crippen molar-refractivity contribution in [3.8, 4) is 0 Å². The number of rotatable bonds is 6. The van der Waals surface area contributed by atoms with Crippen molar-refractivity contribution in [1.82, 2.24) is 4.72 Å². The summed E-state index contributed by atoms with van der Waals surface area (Å²) in [6, 6.07) is 10.3. The summed E-state index contributed by atoms with van der Waals surface area (Å²) in [6.07, 6.45) is 0.690. The first-order chi connectivity index (χ1) is 11.7. The highest BCUT2D eigenvalue weighted by atomic mass is 35.5. The Morgan fingerprint density at radius 3 is 2.32 bits per heavy atom. The number of amides is 1. The van der Waals surface area contributed by atoms with Crippen molar-refractivity contribution in [2.45, 2.75) is 31.2 Å². The summed E-state index contributed by atoms with van der Waals surface area (Å²) in [5.74, 6) is -0.407. The molecule has 134 valence electrons. The van der Waals surface area contributed by atoms with Gasteiger partial charge in [-0.15, -0.1) is 0 Å². The molecule has 0 aliphatic carbocycles. The Balaban J connectivity index is 2.13. The molecule has 0 radical (unpaired) electrons. The molecule has 0 fully saturated rings. The third kappa shape index (κ3) is 5.19. The first kappa shape index (κ1) is 19.7. The zero-order valence-electron chi connectivity index (χ0n) is 13.7. The van der Waals surface area contributed by atoms with Crippen molar-refractivity contribution in [2.75, 3.05) is 5.32 Å². The fraction of sp³-hybridized carbons (Fsp3) is 0.235. The van der Waals surface area contributed by atoms with Crippen LogP contribution in [0.2, 0.25) is 10.0 Å². The van der Waals surface area contributed by atoms with Crippen LogP contribution in [0.3, 0.4) is 0 Å². The maximum absolute atomic E-state index is 12.2. The molecule has 0 unspecified atom stereocenters. The SMILES string of the molecule is CC[C@H](C)NS(=O)(=O)c1ccc(NC(=O)c2ccc(Cl)cc2Cl)cc1. The molecule has 0 saturated carbocycles. The lowest BCUT2D eigenvalue weighted by atomic mass is 10.2. The lowest BCUT2D eigenvalue weighted by Crippen LogP contribution is -2.31. The van der Waals surface area contributed by atoms with Gasteiger partial charge in [0.15, 0.2) is 0 Å². The second kappa shape index (κ2) is 8.19. The second-order valence-electron chi connectivity index (χ2n) is 5.53. The van der Waals surface area contributed by atoms with Gasteiger partial charge in [0.2, 0.25) is 10.0 Å². The molecule has 1 atom stereocenters. The van der Waals surface area contributed by atoms with Gasteiger partial charge in [0.1, 0.15) is 0 Å². The van der Waals surface area contributed by atoms with Gasteiger partial charge < -0.3 is 5.32 Å². The Kier molecular flexibility index (Phi) is 6.46. The summed E-state index contributed by atoms with van der Waals surface area (Å²) >= 11 is 11.8. The molecule has 0 bridgehead atoms. The fourth-order valence-corrected chi connectivity index (χ4v) is 3.83. The van der Waals surface area contributed by atoms with E-state index in [2.05, 4.69) is 10.0 Å². The molecule has 0 heterocycles. The van der Waals surface area contributed by atoms with Crippen molar-refractivity contribution in [2.24, 2.45) is 0 Å². The van der Waals surface area contributed by atoms with Crippen molar-refractivity contribution in [3.05, 3.63) is 58.1 Å². The van der Waals surface area contributed by atoms with Gasteiger partial charge >= 0.3 is 0 Å². The number of sulfonamides is 1. The summed E-state index contributed by atoms with van der Waals surface area (Å²) in [4.78, 5) is 12.4. The first-order valence-electron chi connectivity index (χ1n) is 7.61. The van der Waals surface area contributed by atoms with Gasteiger partial charge in [-0.05, 0) is 55.8 Å². The van der Waals surface area contributed by atoms with E-state index in [1.54, 1.807) is 13.0 Å². The van der Waals surface area contributed by atoms with Crippen molar-refractivity contribution >= 4 is 44.8 Å². The van der Waals surface area contributed by atoms with Crippen LogP contribution in [0.15, 0.2) is 47.4 Å². The summed E-state index contributed by atoms with van der Waals surface area (Å²) in [7, 11) is -3.58. The van der Waals surface area contributed by atoms with Crippen LogP contribution >= 0.6 is 23.2 Å². The van der Waals surface area contributed by atoms with Crippen LogP contribution in [-0.2, 0) is 10.0 Å². The third-order valence-electron chi connectivity index (χ3n) is 3.57. The van der Waals surface area contributed by atoms with Crippen LogP contribution in [0.25, 0.3) is 0 Å². The normalized spacial score (nSPS) is 12.6. The van der Waals surface area contributed by atoms with Crippen molar-refractivity contribution in [1.29, 1.82) is 0 Å². The molecule has 0 aliphatic rings. The predicted molar refractivity (Wildman–Crippen MR) is 101 cm³/mol. The maximum Gasteiger partial charge on any atom is 0.257 e. The van der Waals surface area contributed by atoms with Gasteiger partial charge in [-0.25, -0.2) is 13.1 Å². The Morgan fingerprint density at radius 1 is 1.12 bits per heavy atom. The van der Waals surface area contributed by atoms with E-state index in [1.807, 2.05) is 6.92 Å². The van der Waals surface area contributed by atoms with E-state index in [9.17, 15) is 13.2 Å². The number of carbonyl (C=O) groups is 1. The van der Waals surface area contributed by atoms with E-state index < -0.39 is 15.9 Å². The van der Waals surface area contributed by atoms with E-state index in [0.29, 0.717) is 17.1 Å². The van der Waals surface area contributed by atoms with Crippen LogP contribution in [0.5, 0.6) is 0 Å². The first-order valence-corrected chi connectivity index (χ1v) is 9.85. The van der Waals surface area contributed by atoms with Gasteiger partial charge in [0.25, 0.3) is 5.91 Å². The average molecular weight is 401 g/mol. The fourth-order valence-electron chi connectivity index (χ4n) is 2.01. The molecular formula is C17H18Cl2N2O3S. The Labute approximate surface area is 157 Å². The quantitative estimate of drug-likeness (QED) is 0.757. The zero-order chi connectivity index (χ0) is 18.6. The maximum atomic E-state index is 12.2. The number of anilines is 1. The van der Waals surface area contributed by atoms with Gasteiger partial charge in [0.05, 0.1) is 15.5 Å². The monoisotopic (exact) mass is 400 g/mol. The highest BCUT2D eigenvalue weighted by Gasteiger charge is 2.17. The molecule has 1 amide bonds. The number of hydrogen-bond donors (Lipinski definition) is 2. The molecule has 5 nitrogen and oxygen atoms in total. The molecule has 2 N–H and O–H groups in total. The van der Waals surface area contributed by atoms with Crippen LogP contribution < -0.4 is 10.0 Å². The smallest absolute Gasteiger partial charge is 0.257 e. The van der Waals surface area contributed by atoms with Gasteiger partial charge in [0, 0.05) is 16.8 Å². The summed E-state index contributed by atoms with van der Waals surface area (Å²) in [5, 5.41) is 3.34. The number of benzene rings is 2. The summed E-state index contributed by atoms with van der Waals surface area (Å²) < 4.78 is 27.0. The third-order valence-corrected chi connectivity index (χ3v) is 5.72. The van der Waals surface area contributed by atoms with E-state index in [0.717, 1.165) is 0 Å². The molecule has 0 aliphatic heterocycles. The summed E-state index contributed by atoms with van der Waals surface area (Å²) in [5.41, 5.74) is 0.736. The van der Waals surface area contributed by atoms with Crippen LogP contribution in [-0.4, -0.2) is 20.4 Å². The number of carbonyl (C=O) groups excluding carboxylic acids is 1. The molecule has 0 aromatic heterocycles. The van der Waals surface area contributed by atoms with Gasteiger partial charge in [-0.1, -0.05) is 30.1 Å². The summed E-state index contributed by atoms with van der Waals surface area (Å²) in [6.45, 7) is 3.69. The largest absolute Gasteiger partial charge is 0.322 e. The van der Waals surface area contributed by atoms with E-state index in [-0.39, 0.29) is 21.5 Å². The predicted octanol–water partition coefficient (Wildman–Crippen LogP) is 4.32. The molecule has 2 aromatic rings. The Morgan fingerprint density at radius 2 is 1.76 bits per heavy atom. The van der Waals surface area contributed by atoms with E-state index in [4.69, 9.17) is 23.2 Å². The minimum atomic E-state index is -3.58. The van der Waals surface area contributed by atoms with Crippen molar-refractivity contribution < 1.29 is 13.2 Å². The number of halogens is 2. The van der Waals surface area contributed by atoms with Crippen molar-refractivity contribution in [3.63, 3.8) is 0 Å². The molecule has 2 aromatic carbocycles. The second-order valence-corrected chi connectivity index (χ2v) is 8.09. The minimum Gasteiger partial charge on any atom is -0.322 e. The van der Waals surface area contributed by atoms with Gasteiger partial charge in [-0.2, -0.15) is 0 Å². The van der Waals surface area contributed by atoms with E-state index >= 15 is 0 Å². The molecule has 8 heteroatoms. The van der Waals surface area contributed by atoms with Crippen LogP contribution in [0.1, 0.15) is 30.6 Å². The highest BCUT2D eigenvalue weighted by Crippen LogP contribution is 2.22. The molecule has 0 spiro atoms. The van der Waals surface area contributed by atoms with E-state index in [1.165, 1.54) is 36.4 Å². The standard InChI is InChI=1S/C17H18Cl2N2O3S/c1-3-11(2)21-25(23,24)14-7-5-13(6-8-14)20-17(22)15-9-4-12(18)10-16(15)19/h4-11,21H,3H2,1-2H3,(H,20,22)/t11-/m0/s1. The molecule has 2 rings (SSSR count). The Hall–Kier alpha value is -1.60. The van der Waals surface area contributed by atoms with Crippen LogP contribution in [0.4, 0.5) is 5.69 Å². The highest BCUT2D eigenvalue weighted by molar-refractivity contribution is 7.89. The lowest BCUT2D eigenvalue weighted by molar-refractivity contribution is 0.102. The lowest BCUT2D eigenvalue weighted by Gasteiger charge is -2.12. The van der Waals surface area contributed by atoms with Gasteiger partial charge in [-0.3, -0.25) is 4.79 Å². The molecule has 25 heavy (non-hydrogen) atoms. The molecule has 0 saturated heterocycles. The average Bonchev–Trinajstić information content (AvgIpc) is 2.54. The van der Waals surface area contributed by atoms with Crippen LogP contribution in [0, 0.1) is 0 Å². The minimum absolute atomic E-state index is 0.135.